The van der Waals surface area contributed by atoms with Crippen LogP contribution in [0.2, 0.25) is 15.1 Å². The van der Waals surface area contributed by atoms with Crippen molar-refractivity contribution in [3.05, 3.63) is 105 Å². The summed E-state index contributed by atoms with van der Waals surface area (Å²) in [5.74, 6) is 0. The number of hydrogen-bond donors (Lipinski definition) is 0. The zero-order chi connectivity index (χ0) is 24.6. The van der Waals surface area contributed by atoms with Crippen LogP contribution in [0.5, 0.6) is 0 Å². The quantitative estimate of drug-likeness (QED) is 0.364. The molecule has 6 rings (SSSR count). The van der Waals surface area contributed by atoms with Crippen molar-refractivity contribution in [2.45, 2.75) is 43.3 Å². The van der Waals surface area contributed by atoms with Crippen LogP contribution < -0.4 is 0 Å². The van der Waals surface area contributed by atoms with Crippen molar-refractivity contribution in [3.8, 4) is 0 Å². The molecule has 0 aromatic heterocycles. The molecule has 188 valence electrons. The number of rotatable bonds is 3. The standard InChI is InChI=1S/C27H23Cl3O6/c28-18-7-1-15(2-8-18)25-31-14-22-24(36-27(34-22)17-5-11-20(30)12-6-17)23-21(33-25)13-32-26(35-23)16-3-9-19(29)10-4-16/h1-12,21-27H,13-14H2/t21-,22+,23+,24+,25?,26?,27?/m1/s1. The minimum absolute atomic E-state index is 0.251. The summed E-state index contributed by atoms with van der Waals surface area (Å²) in [5, 5.41) is 1.92. The van der Waals surface area contributed by atoms with Crippen LogP contribution in [0.3, 0.4) is 0 Å². The molecule has 3 aromatic carbocycles. The van der Waals surface area contributed by atoms with Crippen LogP contribution in [0, 0.1) is 0 Å². The monoisotopic (exact) mass is 548 g/mol. The smallest absolute Gasteiger partial charge is 0.184 e. The van der Waals surface area contributed by atoms with Gasteiger partial charge in [-0.3, -0.25) is 0 Å². The number of halogens is 3. The van der Waals surface area contributed by atoms with E-state index in [1.54, 1.807) is 12.1 Å². The lowest BCUT2D eigenvalue weighted by Crippen LogP contribution is -2.54. The summed E-state index contributed by atoms with van der Waals surface area (Å²) in [5.41, 5.74) is 2.55. The van der Waals surface area contributed by atoms with E-state index in [1.165, 1.54) is 0 Å². The highest BCUT2D eigenvalue weighted by atomic mass is 35.5. The van der Waals surface area contributed by atoms with Gasteiger partial charge in [-0.1, -0.05) is 71.2 Å². The maximum Gasteiger partial charge on any atom is 0.184 e. The van der Waals surface area contributed by atoms with Gasteiger partial charge >= 0.3 is 0 Å². The van der Waals surface area contributed by atoms with Gasteiger partial charge in [0.1, 0.15) is 24.4 Å². The van der Waals surface area contributed by atoms with E-state index in [-0.39, 0.29) is 19.3 Å². The van der Waals surface area contributed by atoms with E-state index < -0.39 is 37.2 Å². The number of hydrogen-bond acceptors (Lipinski definition) is 6. The number of benzene rings is 3. The summed E-state index contributed by atoms with van der Waals surface area (Å²) < 4.78 is 37.9. The predicted molar refractivity (Wildman–Crippen MR) is 134 cm³/mol. The molecule has 0 spiro atoms. The molecular formula is C27H23Cl3O6. The fraction of sp³-hybridized carbons (Fsp3) is 0.333. The van der Waals surface area contributed by atoms with Crippen molar-refractivity contribution < 1.29 is 28.4 Å². The Morgan fingerprint density at radius 1 is 0.444 bits per heavy atom. The molecule has 3 heterocycles. The normalized spacial score (nSPS) is 32.2. The molecule has 6 nitrogen and oxygen atoms in total. The third-order valence-corrected chi connectivity index (χ3v) is 7.22. The summed E-state index contributed by atoms with van der Waals surface area (Å²) in [6, 6.07) is 22.2. The molecule has 0 radical (unpaired) electrons. The van der Waals surface area contributed by atoms with Crippen LogP contribution in [-0.2, 0) is 28.4 Å². The van der Waals surface area contributed by atoms with Gasteiger partial charge in [-0.15, -0.1) is 0 Å². The maximum atomic E-state index is 6.48. The van der Waals surface area contributed by atoms with E-state index in [1.807, 2.05) is 60.7 Å². The molecule has 3 fully saturated rings. The number of ether oxygens (including phenoxy) is 6. The van der Waals surface area contributed by atoms with Crippen LogP contribution in [0.4, 0.5) is 0 Å². The zero-order valence-electron chi connectivity index (χ0n) is 19.0. The highest BCUT2D eigenvalue weighted by Crippen LogP contribution is 2.42. The Hall–Kier alpha value is -1.71. The lowest BCUT2D eigenvalue weighted by Gasteiger charge is -2.42. The van der Waals surface area contributed by atoms with Gasteiger partial charge < -0.3 is 28.4 Å². The minimum atomic E-state index is -0.645. The predicted octanol–water partition coefficient (Wildman–Crippen LogP) is 6.66. The van der Waals surface area contributed by atoms with Crippen LogP contribution in [0.1, 0.15) is 35.6 Å². The van der Waals surface area contributed by atoms with E-state index in [4.69, 9.17) is 63.2 Å². The molecule has 7 atom stereocenters. The first-order valence-electron chi connectivity index (χ1n) is 11.6. The van der Waals surface area contributed by atoms with Gasteiger partial charge in [0.25, 0.3) is 0 Å². The fourth-order valence-electron chi connectivity index (χ4n) is 4.62. The molecule has 3 unspecified atom stereocenters. The highest BCUT2D eigenvalue weighted by molar-refractivity contribution is 6.31. The van der Waals surface area contributed by atoms with Gasteiger partial charge in [-0.05, 0) is 36.4 Å². The molecule has 9 heteroatoms. The van der Waals surface area contributed by atoms with Crippen molar-refractivity contribution in [3.63, 3.8) is 0 Å². The van der Waals surface area contributed by atoms with Gasteiger partial charge in [0.15, 0.2) is 18.9 Å². The second-order valence-corrected chi connectivity index (χ2v) is 10.2. The van der Waals surface area contributed by atoms with Gasteiger partial charge in [0.05, 0.1) is 13.2 Å². The SMILES string of the molecule is Clc1ccc(C2OC[C@H]3OC(c4ccc(Cl)cc4)OC[C@@H]4OC(c5ccc(Cl)cc5)O[C@@H]4[C@H]3O2)cc1. The van der Waals surface area contributed by atoms with Crippen LogP contribution in [-0.4, -0.2) is 37.6 Å². The zero-order valence-corrected chi connectivity index (χ0v) is 21.2. The average Bonchev–Trinajstić information content (AvgIpc) is 3.30. The molecule has 0 aliphatic carbocycles. The van der Waals surface area contributed by atoms with E-state index in [2.05, 4.69) is 0 Å². The van der Waals surface area contributed by atoms with Crippen molar-refractivity contribution in [2.24, 2.45) is 0 Å². The molecule has 36 heavy (non-hydrogen) atoms. The van der Waals surface area contributed by atoms with E-state index in [9.17, 15) is 0 Å². The van der Waals surface area contributed by atoms with Gasteiger partial charge in [0.2, 0.25) is 0 Å². The van der Waals surface area contributed by atoms with Gasteiger partial charge in [-0.2, -0.15) is 0 Å². The maximum absolute atomic E-state index is 6.48. The third-order valence-electron chi connectivity index (χ3n) is 6.47. The largest absolute Gasteiger partial charge is 0.346 e. The number of fused-ring (bicyclic) bond motifs is 3. The Morgan fingerprint density at radius 2 is 0.778 bits per heavy atom. The lowest BCUT2D eigenvalue weighted by atomic mass is 10.0. The average molecular weight is 550 g/mol. The second-order valence-electron chi connectivity index (χ2n) is 8.87. The first-order valence-corrected chi connectivity index (χ1v) is 12.8. The van der Waals surface area contributed by atoms with Crippen LogP contribution in [0.15, 0.2) is 72.8 Å². The van der Waals surface area contributed by atoms with Crippen molar-refractivity contribution >= 4 is 34.8 Å². The molecular weight excluding hydrogens is 527 g/mol. The molecule has 3 saturated heterocycles. The Morgan fingerprint density at radius 3 is 1.22 bits per heavy atom. The Kier molecular flexibility index (Phi) is 7.23. The second kappa shape index (κ2) is 10.6. The van der Waals surface area contributed by atoms with E-state index in [0.29, 0.717) is 15.1 Å². The van der Waals surface area contributed by atoms with E-state index in [0.717, 1.165) is 16.7 Å². The highest BCUT2D eigenvalue weighted by Gasteiger charge is 2.50. The fourth-order valence-corrected chi connectivity index (χ4v) is 5.00. The minimum Gasteiger partial charge on any atom is -0.346 e. The lowest BCUT2D eigenvalue weighted by molar-refractivity contribution is -0.324. The summed E-state index contributed by atoms with van der Waals surface area (Å²) in [7, 11) is 0. The van der Waals surface area contributed by atoms with Crippen LogP contribution in [0.25, 0.3) is 0 Å². The van der Waals surface area contributed by atoms with E-state index >= 15 is 0 Å². The summed E-state index contributed by atoms with van der Waals surface area (Å²) >= 11 is 18.2. The summed E-state index contributed by atoms with van der Waals surface area (Å²) in [4.78, 5) is 0. The molecule has 0 N–H and O–H groups in total. The third kappa shape index (κ3) is 5.16. The Bertz CT molecular complexity index is 1130. The first-order chi connectivity index (χ1) is 17.5. The Labute approximate surface area is 223 Å². The molecule has 0 saturated carbocycles. The molecule has 0 amide bonds. The molecule has 3 aliphatic rings. The first kappa shape index (κ1) is 24.6. The topological polar surface area (TPSA) is 55.4 Å². The molecule has 0 bridgehead atoms. The summed E-state index contributed by atoms with van der Waals surface area (Å²) in [6.07, 6.45) is -3.60. The van der Waals surface area contributed by atoms with Crippen LogP contribution >= 0.6 is 34.8 Å². The molecule has 3 aromatic rings. The van der Waals surface area contributed by atoms with Crippen molar-refractivity contribution in [1.82, 2.24) is 0 Å². The van der Waals surface area contributed by atoms with Crippen molar-refractivity contribution in [1.29, 1.82) is 0 Å². The van der Waals surface area contributed by atoms with Gasteiger partial charge in [0, 0.05) is 31.8 Å². The Balaban J connectivity index is 1.29. The summed E-state index contributed by atoms with van der Waals surface area (Å²) in [6.45, 7) is 0.532. The van der Waals surface area contributed by atoms with Crippen molar-refractivity contribution in [2.75, 3.05) is 13.2 Å². The molecule has 3 aliphatic heterocycles. The van der Waals surface area contributed by atoms with Gasteiger partial charge in [-0.25, -0.2) is 0 Å².